The van der Waals surface area contributed by atoms with Gasteiger partial charge in [0.15, 0.2) is 0 Å². The highest BCUT2D eigenvalue weighted by atomic mass is 15.7. The van der Waals surface area contributed by atoms with E-state index in [0.717, 1.165) is 12.2 Å². The second-order valence-electron chi connectivity index (χ2n) is 5.55. The minimum atomic E-state index is 0.901. The lowest BCUT2D eigenvalue weighted by Gasteiger charge is -2.27. The average molecular weight is 278 g/mol. The normalized spacial score (nSPS) is 16.7. The Bertz CT molecular complexity index is 735. The predicted octanol–water partition coefficient (Wildman–Crippen LogP) is 2.42. The molecule has 4 heteroatoms. The highest BCUT2D eigenvalue weighted by Crippen LogP contribution is 2.37. The summed E-state index contributed by atoms with van der Waals surface area (Å²) in [6.07, 6.45) is 0. The maximum Gasteiger partial charge on any atom is 0.0862 e. The van der Waals surface area contributed by atoms with E-state index >= 15 is 0 Å². The van der Waals surface area contributed by atoms with E-state index in [4.69, 9.17) is 0 Å². The standard InChI is InChI=1S/C17H18N4/c1-20-11-12-7-3-4-8-13(12)17-16(18-19-21(17)2)14-9-5-6-10-15(14)20/h3-10,18-19H,11H2,1-2H3. The van der Waals surface area contributed by atoms with Gasteiger partial charge in [-0.05, 0) is 11.6 Å². The molecular weight excluding hydrogens is 260 g/mol. The molecule has 0 aromatic heterocycles. The fourth-order valence-corrected chi connectivity index (χ4v) is 3.18. The number of hydrazine groups is 2. The van der Waals surface area contributed by atoms with Gasteiger partial charge in [0.1, 0.15) is 0 Å². The van der Waals surface area contributed by atoms with Crippen molar-refractivity contribution < 1.29 is 0 Å². The lowest BCUT2D eigenvalue weighted by atomic mass is 9.96. The molecule has 2 aliphatic rings. The summed E-state index contributed by atoms with van der Waals surface area (Å²) < 4.78 is 0. The summed E-state index contributed by atoms with van der Waals surface area (Å²) in [6.45, 7) is 0.901. The molecule has 2 aromatic carbocycles. The molecule has 0 unspecified atom stereocenters. The van der Waals surface area contributed by atoms with Crippen LogP contribution in [0.4, 0.5) is 5.69 Å². The SMILES string of the molecule is CN1NNC2=C1c1ccccc1CN(C)c1ccccc12. The third-order valence-corrected chi connectivity index (χ3v) is 4.19. The van der Waals surface area contributed by atoms with Crippen LogP contribution in [-0.4, -0.2) is 19.1 Å². The molecule has 0 bridgehead atoms. The molecule has 0 atom stereocenters. The molecule has 0 saturated heterocycles. The maximum absolute atomic E-state index is 3.32. The smallest absolute Gasteiger partial charge is 0.0862 e. The lowest BCUT2D eigenvalue weighted by molar-refractivity contribution is 0.345. The predicted molar refractivity (Wildman–Crippen MR) is 85.8 cm³/mol. The van der Waals surface area contributed by atoms with Crippen LogP contribution in [0.3, 0.4) is 0 Å². The van der Waals surface area contributed by atoms with Crippen LogP contribution in [0.5, 0.6) is 0 Å². The van der Waals surface area contributed by atoms with Gasteiger partial charge in [-0.25, -0.2) is 0 Å². The van der Waals surface area contributed by atoms with E-state index in [0.29, 0.717) is 0 Å². The van der Waals surface area contributed by atoms with Crippen molar-refractivity contribution in [3.05, 3.63) is 65.2 Å². The van der Waals surface area contributed by atoms with Crippen LogP contribution in [0.2, 0.25) is 0 Å². The van der Waals surface area contributed by atoms with Gasteiger partial charge in [-0.3, -0.25) is 5.01 Å². The molecule has 2 aliphatic heterocycles. The average Bonchev–Trinajstić information content (AvgIpc) is 2.88. The molecule has 0 spiro atoms. The quantitative estimate of drug-likeness (QED) is 0.775. The molecule has 0 saturated carbocycles. The Morgan fingerprint density at radius 2 is 1.62 bits per heavy atom. The monoisotopic (exact) mass is 278 g/mol. The Hall–Kier alpha value is -2.46. The van der Waals surface area contributed by atoms with E-state index in [-0.39, 0.29) is 0 Å². The Kier molecular flexibility index (Phi) is 2.65. The van der Waals surface area contributed by atoms with Crippen LogP contribution in [0.1, 0.15) is 16.7 Å². The van der Waals surface area contributed by atoms with Crippen molar-refractivity contribution >= 4 is 17.1 Å². The molecule has 21 heavy (non-hydrogen) atoms. The molecule has 4 nitrogen and oxygen atoms in total. The van der Waals surface area contributed by atoms with Gasteiger partial charge in [-0.1, -0.05) is 42.5 Å². The Morgan fingerprint density at radius 1 is 0.905 bits per heavy atom. The van der Waals surface area contributed by atoms with Gasteiger partial charge in [0.05, 0.1) is 11.4 Å². The van der Waals surface area contributed by atoms with E-state index < -0.39 is 0 Å². The topological polar surface area (TPSA) is 30.5 Å². The van der Waals surface area contributed by atoms with Crippen LogP contribution in [0.15, 0.2) is 48.5 Å². The summed E-state index contributed by atoms with van der Waals surface area (Å²) in [5.41, 5.74) is 13.9. The second-order valence-corrected chi connectivity index (χ2v) is 5.55. The number of nitrogens with zero attached hydrogens (tertiary/aromatic N) is 2. The van der Waals surface area contributed by atoms with Crippen molar-refractivity contribution in [1.82, 2.24) is 16.0 Å². The van der Waals surface area contributed by atoms with Crippen molar-refractivity contribution in [1.29, 1.82) is 0 Å². The Labute approximate surface area is 124 Å². The van der Waals surface area contributed by atoms with Crippen molar-refractivity contribution in [2.45, 2.75) is 6.54 Å². The maximum atomic E-state index is 3.32. The Balaban J connectivity index is 2.05. The fraction of sp³-hybridized carbons (Fsp3) is 0.176. The zero-order valence-corrected chi connectivity index (χ0v) is 12.2. The van der Waals surface area contributed by atoms with E-state index in [1.807, 2.05) is 7.05 Å². The molecule has 4 rings (SSSR count). The zero-order chi connectivity index (χ0) is 14.4. The largest absolute Gasteiger partial charge is 0.370 e. The molecule has 2 heterocycles. The number of anilines is 1. The third kappa shape index (κ3) is 1.80. The fourth-order valence-electron chi connectivity index (χ4n) is 3.18. The first kappa shape index (κ1) is 12.3. The van der Waals surface area contributed by atoms with Crippen molar-refractivity contribution in [3.8, 4) is 0 Å². The number of para-hydroxylation sites is 1. The van der Waals surface area contributed by atoms with Crippen molar-refractivity contribution in [3.63, 3.8) is 0 Å². The number of hydrogen-bond acceptors (Lipinski definition) is 4. The molecule has 2 aromatic rings. The van der Waals surface area contributed by atoms with Gasteiger partial charge >= 0.3 is 0 Å². The van der Waals surface area contributed by atoms with Crippen LogP contribution < -0.4 is 15.9 Å². The number of benzene rings is 2. The molecule has 0 radical (unpaired) electrons. The molecule has 0 amide bonds. The lowest BCUT2D eigenvalue weighted by Crippen LogP contribution is -2.34. The van der Waals surface area contributed by atoms with Gasteiger partial charge < -0.3 is 10.3 Å². The number of fused-ring (bicyclic) bond motifs is 4. The van der Waals surface area contributed by atoms with Gasteiger partial charge in [0, 0.05) is 37.5 Å². The highest BCUT2D eigenvalue weighted by molar-refractivity contribution is 5.95. The first-order chi connectivity index (χ1) is 10.3. The first-order valence-corrected chi connectivity index (χ1v) is 7.14. The summed E-state index contributed by atoms with van der Waals surface area (Å²) >= 11 is 0. The van der Waals surface area contributed by atoms with Crippen LogP contribution in [0, 0.1) is 0 Å². The van der Waals surface area contributed by atoms with Gasteiger partial charge in [0.25, 0.3) is 0 Å². The molecule has 0 fully saturated rings. The molecule has 0 aliphatic carbocycles. The van der Waals surface area contributed by atoms with E-state index in [9.17, 15) is 0 Å². The summed E-state index contributed by atoms with van der Waals surface area (Å²) in [6, 6.07) is 17.1. The molecular formula is C17H18N4. The minimum absolute atomic E-state index is 0.901. The summed E-state index contributed by atoms with van der Waals surface area (Å²) in [5, 5.41) is 2.05. The van der Waals surface area contributed by atoms with Gasteiger partial charge in [-0.15, -0.1) is 5.53 Å². The van der Waals surface area contributed by atoms with E-state index in [1.165, 1.54) is 28.1 Å². The second kappa shape index (κ2) is 4.53. The summed E-state index contributed by atoms with van der Waals surface area (Å²) in [4.78, 5) is 2.30. The van der Waals surface area contributed by atoms with Crippen LogP contribution >= 0.6 is 0 Å². The summed E-state index contributed by atoms with van der Waals surface area (Å²) in [5.74, 6) is 0. The van der Waals surface area contributed by atoms with E-state index in [2.05, 4.69) is 76.4 Å². The van der Waals surface area contributed by atoms with Crippen LogP contribution in [0.25, 0.3) is 11.4 Å². The molecule has 106 valence electrons. The van der Waals surface area contributed by atoms with Crippen LogP contribution in [-0.2, 0) is 6.54 Å². The number of rotatable bonds is 0. The van der Waals surface area contributed by atoms with Crippen molar-refractivity contribution in [2.24, 2.45) is 0 Å². The molecule has 2 N–H and O–H groups in total. The van der Waals surface area contributed by atoms with Crippen molar-refractivity contribution in [2.75, 3.05) is 19.0 Å². The number of nitrogens with one attached hydrogen (secondary N) is 2. The third-order valence-electron chi connectivity index (χ3n) is 4.19. The van der Waals surface area contributed by atoms with E-state index in [1.54, 1.807) is 0 Å². The first-order valence-electron chi connectivity index (χ1n) is 7.14. The van der Waals surface area contributed by atoms with Gasteiger partial charge in [0.2, 0.25) is 0 Å². The number of hydrogen-bond donors (Lipinski definition) is 2. The Morgan fingerprint density at radius 3 is 2.48 bits per heavy atom. The van der Waals surface area contributed by atoms with Gasteiger partial charge in [-0.2, -0.15) is 0 Å². The minimum Gasteiger partial charge on any atom is -0.370 e. The highest BCUT2D eigenvalue weighted by Gasteiger charge is 2.27. The summed E-state index contributed by atoms with van der Waals surface area (Å²) in [7, 11) is 4.19. The zero-order valence-electron chi connectivity index (χ0n) is 12.2.